The molecule has 0 aromatic rings. The second-order valence-corrected chi connectivity index (χ2v) is 9.72. The van der Waals surface area contributed by atoms with Gasteiger partial charge < -0.3 is 10.5 Å². The van der Waals surface area contributed by atoms with Crippen LogP contribution < -0.4 is 11.1 Å². The first kappa shape index (κ1) is 27.6. The number of thioether (sulfide) groups is 1. The van der Waals surface area contributed by atoms with Gasteiger partial charge in [-0.1, -0.05) is 51.3 Å². The zero-order valence-electron chi connectivity index (χ0n) is 18.7. The average molecular weight is 431 g/mol. The summed E-state index contributed by atoms with van der Waals surface area (Å²) in [6, 6.07) is -0.934. The van der Waals surface area contributed by atoms with Crippen LogP contribution in [0.2, 0.25) is 0 Å². The van der Waals surface area contributed by atoms with Gasteiger partial charge in [-0.2, -0.15) is 0 Å². The van der Waals surface area contributed by atoms with E-state index in [2.05, 4.69) is 19.2 Å². The van der Waals surface area contributed by atoms with Gasteiger partial charge in [0.25, 0.3) is 0 Å². The molecule has 2 unspecified atom stereocenters. The highest BCUT2D eigenvalue weighted by Gasteiger charge is 2.27. The second kappa shape index (κ2) is 13.7. The van der Waals surface area contributed by atoms with Crippen LogP contribution in [0.1, 0.15) is 86.5 Å². The van der Waals surface area contributed by atoms with Gasteiger partial charge in [-0.3, -0.25) is 24.5 Å². The fourth-order valence-electron chi connectivity index (χ4n) is 2.76. The fraction of sp³-hybridized carbons (Fsp3) is 0.810. The lowest BCUT2D eigenvalue weighted by molar-refractivity contribution is -0.156. The van der Waals surface area contributed by atoms with Gasteiger partial charge in [-0.25, -0.2) is 0 Å². The Morgan fingerprint density at radius 3 is 2.21 bits per heavy atom. The third kappa shape index (κ3) is 13.4. The summed E-state index contributed by atoms with van der Waals surface area (Å²) in [6.45, 7) is 10.8. The molecule has 0 rings (SSSR count). The molecule has 0 aliphatic carbocycles. The highest BCUT2D eigenvalue weighted by molar-refractivity contribution is 8.14. The van der Waals surface area contributed by atoms with Crippen LogP contribution >= 0.6 is 11.8 Å². The van der Waals surface area contributed by atoms with Crippen molar-refractivity contribution in [1.82, 2.24) is 5.32 Å². The molecular weight excluding hydrogens is 392 g/mol. The Kier molecular flexibility index (Phi) is 13.1. The molecule has 0 saturated carbocycles. The first-order valence-corrected chi connectivity index (χ1v) is 11.3. The number of esters is 1. The third-order valence-electron chi connectivity index (χ3n) is 4.35. The van der Waals surface area contributed by atoms with Gasteiger partial charge in [0.05, 0.1) is 5.25 Å². The summed E-state index contributed by atoms with van der Waals surface area (Å²) in [7, 11) is 0. The van der Waals surface area contributed by atoms with Crippen LogP contribution in [-0.2, 0) is 23.9 Å². The molecule has 0 saturated heterocycles. The predicted molar refractivity (Wildman–Crippen MR) is 116 cm³/mol. The Morgan fingerprint density at radius 1 is 1.10 bits per heavy atom. The summed E-state index contributed by atoms with van der Waals surface area (Å²) in [5.41, 5.74) is 5.12. The van der Waals surface area contributed by atoms with E-state index in [1.165, 1.54) is 6.92 Å². The summed E-state index contributed by atoms with van der Waals surface area (Å²) in [6.07, 6.45) is 4.61. The maximum Gasteiger partial charge on any atom is 0.323 e. The number of nitrogens with two attached hydrogens (primary N) is 1. The van der Waals surface area contributed by atoms with E-state index in [9.17, 15) is 19.2 Å². The van der Waals surface area contributed by atoms with E-state index in [1.807, 2.05) is 0 Å². The Morgan fingerprint density at radius 2 is 1.72 bits per heavy atom. The number of carbonyl (C=O) groups is 4. The van der Waals surface area contributed by atoms with Crippen LogP contribution in [0.15, 0.2) is 0 Å². The molecule has 168 valence electrons. The highest BCUT2D eigenvalue weighted by Crippen LogP contribution is 2.26. The molecular formula is C21H38N2O5S. The Hall–Kier alpha value is -1.41. The van der Waals surface area contributed by atoms with E-state index in [4.69, 9.17) is 10.5 Å². The molecule has 0 bridgehead atoms. The lowest BCUT2D eigenvalue weighted by Gasteiger charge is -2.22. The first-order chi connectivity index (χ1) is 13.4. The van der Waals surface area contributed by atoms with Crippen molar-refractivity contribution in [3.8, 4) is 0 Å². The Balaban J connectivity index is 4.72. The lowest BCUT2D eigenvalue weighted by atomic mass is 9.94. The normalized spacial score (nSPS) is 14.6. The number of imide groups is 1. The SMILES string of the molecule is CCCCC(CC)CC(SC(C)=O)C(=O)NC(=O)CC[C@H](N)C(=O)OC(C)(C)C. The van der Waals surface area contributed by atoms with Crippen molar-refractivity contribution >= 4 is 34.7 Å². The highest BCUT2D eigenvalue weighted by atomic mass is 32.2. The van der Waals surface area contributed by atoms with Crippen LogP contribution in [0.3, 0.4) is 0 Å². The summed E-state index contributed by atoms with van der Waals surface area (Å²) < 4.78 is 5.18. The molecule has 3 atom stereocenters. The number of amides is 2. The summed E-state index contributed by atoms with van der Waals surface area (Å²) in [5, 5.41) is 1.60. The number of ether oxygens (including phenoxy) is 1. The Bertz CT molecular complexity index is 560. The number of hydrogen-bond acceptors (Lipinski definition) is 7. The fourth-order valence-corrected chi connectivity index (χ4v) is 3.69. The summed E-state index contributed by atoms with van der Waals surface area (Å²) in [4.78, 5) is 48.1. The molecule has 7 nitrogen and oxygen atoms in total. The zero-order chi connectivity index (χ0) is 22.6. The number of unbranched alkanes of at least 4 members (excludes halogenated alkanes) is 1. The standard InChI is InChI=1S/C21H38N2O5S/c1-7-9-10-15(8-2)13-17(29-14(3)24)19(26)23-18(25)12-11-16(22)20(27)28-21(4,5)6/h15-17H,7-13,22H2,1-6H3,(H,23,25,26)/t15?,16-,17?/m0/s1. The van der Waals surface area contributed by atoms with Gasteiger partial charge >= 0.3 is 5.97 Å². The van der Waals surface area contributed by atoms with Crippen LogP contribution in [0.4, 0.5) is 0 Å². The van der Waals surface area contributed by atoms with Gasteiger partial charge in [0, 0.05) is 13.3 Å². The van der Waals surface area contributed by atoms with Crippen LogP contribution in [0.25, 0.3) is 0 Å². The van der Waals surface area contributed by atoms with E-state index in [0.29, 0.717) is 12.3 Å². The van der Waals surface area contributed by atoms with Crippen LogP contribution in [0, 0.1) is 5.92 Å². The molecule has 0 heterocycles. The van der Waals surface area contributed by atoms with Crippen molar-refractivity contribution in [3.63, 3.8) is 0 Å². The smallest absolute Gasteiger partial charge is 0.323 e. The van der Waals surface area contributed by atoms with Crippen molar-refractivity contribution in [2.45, 2.75) is 103 Å². The van der Waals surface area contributed by atoms with E-state index >= 15 is 0 Å². The Labute approximate surface area is 179 Å². The predicted octanol–water partition coefficient (Wildman–Crippen LogP) is 3.33. The van der Waals surface area contributed by atoms with Crippen LogP contribution in [0.5, 0.6) is 0 Å². The van der Waals surface area contributed by atoms with E-state index < -0.39 is 34.7 Å². The van der Waals surface area contributed by atoms with E-state index in [-0.39, 0.29) is 18.0 Å². The minimum atomic E-state index is -0.934. The summed E-state index contributed by atoms with van der Waals surface area (Å²) >= 11 is 0.960. The summed E-state index contributed by atoms with van der Waals surface area (Å²) in [5.74, 6) is -1.22. The number of hydrogen-bond donors (Lipinski definition) is 2. The number of carbonyl (C=O) groups excluding carboxylic acids is 4. The average Bonchev–Trinajstić information content (AvgIpc) is 2.60. The molecule has 0 aromatic heterocycles. The van der Waals surface area contributed by atoms with Gasteiger partial charge in [-0.15, -0.1) is 0 Å². The minimum Gasteiger partial charge on any atom is -0.459 e. The quantitative estimate of drug-likeness (QED) is 0.456. The first-order valence-electron chi connectivity index (χ1n) is 10.4. The van der Waals surface area contributed by atoms with Crippen LogP contribution in [-0.4, -0.2) is 39.8 Å². The third-order valence-corrected chi connectivity index (χ3v) is 5.37. The maximum absolute atomic E-state index is 12.6. The molecule has 0 aromatic carbocycles. The molecule has 8 heteroatoms. The second-order valence-electron chi connectivity index (χ2n) is 8.34. The molecule has 0 spiro atoms. The molecule has 0 aliphatic heterocycles. The molecule has 2 amide bonds. The monoisotopic (exact) mass is 430 g/mol. The molecule has 0 fully saturated rings. The van der Waals surface area contributed by atoms with Crippen molar-refractivity contribution in [3.05, 3.63) is 0 Å². The minimum absolute atomic E-state index is 0.0728. The zero-order valence-corrected chi connectivity index (χ0v) is 19.5. The molecule has 0 aliphatic rings. The van der Waals surface area contributed by atoms with Gasteiger partial charge in [0.1, 0.15) is 11.6 Å². The van der Waals surface area contributed by atoms with Crippen molar-refractivity contribution in [1.29, 1.82) is 0 Å². The van der Waals surface area contributed by atoms with Crippen molar-refractivity contribution in [2.75, 3.05) is 0 Å². The van der Waals surface area contributed by atoms with Crippen molar-refractivity contribution in [2.24, 2.45) is 11.7 Å². The molecule has 29 heavy (non-hydrogen) atoms. The van der Waals surface area contributed by atoms with E-state index in [0.717, 1.165) is 37.4 Å². The van der Waals surface area contributed by atoms with Crippen molar-refractivity contribution < 1.29 is 23.9 Å². The van der Waals surface area contributed by atoms with Gasteiger partial charge in [0.15, 0.2) is 5.12 Å². The number of nitrogens with one attached hydrogen (secondary N) is 1. The number of rotatable bonds is 12. The topological polar surface area (TPSA) is 116 Å². The van der Waals surface area contributed by atoms with Gasteiger partial charge in [0.2, 0.25) is 11.8 Å². The van der Waals surface area contributed by atoms with Gasteiger partial charge in [-0.05, 0) is 39.5 Å². The molecule has 0 radical (unpaired) electrons. The maximum atomic E-state index is 12.6. The van der Waals surface area contributed by atoms with E-state index in [1.54, 1.807) is 20.8 Å². The lowest BCUT2D eigenvalue weighted by Crippen LogP contribution is -2.41. The largest absolute Gasteiger partial charge is 0.459 e. The molecule has 3 N–H and O–H groups in total.